The van der Waals surface area contributed by atoms with Gasteiger partial charge in [-0.3, -0.25) is 0 Å². The Kier molecular flexibility index (Phi) is 3.03. The van der Waals surface area contributed by atoms with Crippen LogP contribution in [0.5, 0.6) is 0 Å². The van der Waals surface area contributed by atoms with Crippen LogP contribution in [0.1, 0.15) is 40.0 Å². The first-order valence-electron chi connectivity index (χ1n) is 6.55. The van der Waals surface area contributed by atoms with E-state index in [1.54, 1.807) is 11.8 Å². The average molecular weight is 254 g/mol. The molecule has 18 heavy (non-hydrogen) atoms. The van der Waals surface area contributed by atoms with Crippen LogP contribution < -0.4 is 5.32 Å². The summed E-state index contributed by atoms with van der Waals surface area (Å²) in [5.74, 6) is -0.855. The molecule has 0 aromatic rings. The molecule has 1 aliphatic carbocycles. The summed E-state index contributed by atoms with van der Waals surface area (Å²) in [6.07, 6.45) is 2.73. The number of carbonyl (C=O) groups excluding carboxylic acids is 1. The van der Waals surface area contributed by atoms with Crippen molar-refractivity contribution in [2.75, 3.05) is 13.1 Å². The molecule has 102 valence electrons. The van der Waals surface area contributed by atoms with Crippen molar-refractivity contribution in [1.82, 2.24) is 10.2 Å². The van der Waals surface area contributed by atoms with Crippen molar-refractivity contribution >= 4 is 12.0 Å². The maximum Gasteiger partial charge on any atom is 0.329 e. The molecule has 2 fully saturated rings. The standard InChI is InChI=1S/C13H22N2O3/c1-12(2)6-7-15(8-12)11(18)14-13(3,10(16)17)9-4-5-9/h9H,4-8H2,1-3H3,(H,14,18)(H,16,17). The second-order valence-electron chi connectivity index (χ2n) is 6.55. The lowest BCUT2D eigenvalue weighted by Gasteiger charge is -2.29. The van der Waals surface area contributed by atoms with Gasteiger partial charge in [0.05, 0.1) is 0 Å². The van der Waals surface area contributed by atoms with Gasteiger partial charge in [0.15, 0.2) is 0 Å². The molecule has 2 N–H and O–H groups in total. The SMILES string of the molecule is CC1(C)CCN(C(=O)NC(C)(C(=O)O)C2CC2)C1. The van der Waals surface area contributed by atoms with Crippen LogP contribution in [-0.4, -0.2) is 40.6 Å². The Bertz CT molecular complexity index is 376. The van der Waals surface area contributed by atoms with Crippen molar-refractivity contribution in [1.29, 1.82) is 0 Å². The molecular formula is C13H22N2O3. The molecule has 5 nitrogen and oxygen atoms in total. The van der Waals surface area contributed by atoms with Crippen LogP contribution in [0.15, 0.2) is 0 Å². The summed E-state index contributed by atoms with van der Waals surface area (Å²) in [7, 11) is 0. The summed E-state index contributed by atoms with van der Waals surface area (Å²) in [6, 6.07) is -0.239. The molecule has 1 aliphatic heterocycles. The van der Waals surface area contributed by atoms with E-state index in [-0.39, 0.29) is 17.4 Å². The smallest absolute Gasteiger partial charge is 0.329 e. The molecule has 2 aliphatic rings. The van der Waals surface area contributed by atoms with Gasteiger partial charge in [0.25, 0.3) is 0 Å². The van der Waals surface area contributed by atoms with Gasteiger partial charge in [-0.25, -0.2) is 9.59 Å². The van der Waals surface area contributed by atoms with E-state index in [9.17, 15) is 14.7 Å². The van der Waals surface area contributed by atoms with Crippen molar-refractivity contribution < 1.29 is 14.7 Å². The minimum atomic E-state index is -1.11. The van der Waals surface area contributed by atoms with Gasteiger partial charge >= 0.3 is 12.0 Å². The molecule has 2 amide bonds. The monoisotopic (exact) mass is 254 g/mol. The van der Waals surface area contributed by atoms with E-state index in [0.717, 1.165) is 19.3 Å². The predicted octanol–water partition coefficient (Wildman–Crippen LogP) is 1.68. The summed E-state index contributed by atoms with van der Waals surface area (Å²) in [6.45, 7) is 7.26. The Morgan fingerprint density at radius 3 is 2.39 bits per heavy atom. The first-order chi connectivity index (χ1) is 8.24. The van der Waals surface area contributed by atoms with Crippen LogP contribution in [-0.2, 0) is 4.79 Å². The minimum absolute atomic E-state index is 0.0783. The Morgan fingerprint density at radius 1 is 1.39 bits per heavy atom. The molecule has 2 rings (SSSR count). The summed E-state index contributed by atoms with van der Waals surface area (Å²) in [5, 5.41) is 12.0. The molecule has 0 spiro atoms. The lowest BCUT2D eigenvalue weighted by molar-refractivity contribution is -0.144. The fraction of sp³-hybridized carbons (Fsp3) is 0.846. The van der Waals surface area contributed by atoms with Gasteiger partial charge in [-0.05, 0) is 37.5 Å². The molecule has 0 radical (unpaired) electrons. The van der Waals surface area contributed by atoms with E-state index in [1.807, 2.05) is 0 Å². The normalized spacial score (nSPS) is 25.6. The summed E-state index contributed by atoms with van der Waals surface area (Å²) >= 11 is 0. The number of aliphatic carboxylic acids is 1. The fourth-order valence-corrected chi connectivity index (χ4v) is 2.58. The predicted molar refractivity (Wildman–Crippen MR) is 67.3 cm³/mol. The Morgan fingerprint density at radius 2 is 2.00 bits per heavy atom. The molecule has 1 unspecified atom stereocenters. The zero-order valence-corrected chi connectivity index (χ0v) is 11.3. The van der Waals surface area contributed by atoms with Crippen LogP contribution in [0, 0.1) is 11.3 Å². The number of urea groups is 1. The molecule has 1 saturated heterocycles. The van der Waals surface area contributed by atoms with Crippen molar-refractivity contribution in [3.63, 3.8) is 0 Å². The Hall–Kier alpha value is -1.26. The number of rotatable bonds is 3. The number of hydrogen-bond donors (Lipinski definition) is 2. The fourth-order valence-electron chi connectivity index (χ4n) is 2.58. The highest BCUT2D eigenvalue weighted by molar-refractivity contribution is 5.86. The van der Waals surface area contributed by atoms with Crippen LogP contribution in [0.4, 0.5) is 4.79 Å². The highest BCUT2D eigenvalue weighted by Gasteiger charge is 2.49. The van der Waals surface area contributed by atoms with Crippen molar-refractivity contribution in [2.24, 2.45) is 11.3 Å². The van der Waals surface area contributed by atoms with E-state index in [4.69, 9.17) is 0 Å². The van der Waals surface area contributed by atoms with Crippen LogP contribution in [0.25, 0.3) is 0 Å². The molecule has 0 bridgehead atoms. The average Bonchev–Trinajstić information content (AvgIpc) is 3.03. The summed E-state index contributed by atoms with van der Waals surface area (Å²) in [4.78, 5) is 25.2. The van der Waals surface area contributed by atoms with E-state index >= 15 is 0 Å². The van der Waals surface area contributed by atoms with Crippen LogP contribution >= 0.6 is 0 Å². The van der Waals surface area contributed by atoms with Crippen LogP contribution in [0.3, 0.4) is 0 Å². The maximum atomic E-state index is 12.1. The number of carboxylic acids is 1. The van der Waals surface area contributed by atoms with Crippen molar-refractivity contribution in [2.45, 2.75) is 45.6 Å². The second-order valence-corrected chi connectivity index (χ2v) is 6.55. The third-order valence-corrected chi connectivity index (χ3v) is 4.17. The van der Waals surface area contributed by atoms with Crippen molar-refractivity contribution in [3.05, 3.63) is 0 Å². The van der Waals surface area contributed by atoms with Crippen LogP contribution in [0.2, 0.25) is 0 Å². The highest BCUT2D eigenvalue weighted by Crippen LogP contribution is 2.40. The van der Waals surface area contributed by atoms with Gasteiger partial charge in [-0.15, -0.1) is 0 Å². The van der Waals surface area contributed by atoms with E-state index in [2.05, 4.69) is 19.2 Å². The van der Waals surface area contributed by atoms with Gasteiger partial charge in [-0.2, -0.15) is 0 Å². The van der Waals surface area contributed by atoms with Gasteiger partial charge < -0.3 is 15.3 Å². The largest absolute Gasteiger partial charge is 0.480 e. The Labute approximate surface area is 108 Å². The first-order valence-corrected chi connectivity index (χ1v) is 6.55. The van der Waals surface area contributed by atoms with E-state index in [1.165, 1.54) is 0 Å². The number of nitrogens with one attached hydrogen (secondary N) is 1. The molecule has 0 aromatic carbocycles. The number of likely N-dealkylation sites (tertiary alicyclic amines) is 1. The lowest BCUT2D eigenvalue weighted by atomic mass is 9.93. The topological polar surface area (TPSA) is 69.6 Å². The summed E-state index contributed by atoms with van der Waals surface area (Å²) < 4.78 is 0. The third-order valence-electron chi connectivity index (χ3n) is 4.17. The second kappa shape index (κ2) is 4.14. The van der Waals surface area contributed by atoms with E-state index < -0.39 is 11.5 Å². The van der Waals surface area contributed by atoms with Gasteiger partial charge in [-0.1, -0.05) is 13.8 Å². The number of nitrogens with zero attached hydrogens (tertiary/aromatic N) is 1. The number of carboxylic acid groups (broad SMARTS) is 1. The third kappa shape index (κ3) is 2.44. The minimum Gasteiger partial charge on any atom is -0.480 e. The first kappa shape index (κ1) is 13.2. The summed E-state index contributed by atoms with van der Waals surface area (Å²) in [5.41, 5.74) is -0.972. The van der Waals surface area contributed by atoms with Crippen molar-refractivity contribution in [3.8, 4) is 0 Å². The number of amides is 2. The maximum absolute atomic E-state index is 12.1. The molecular weight excluding hydrogens is 232 g/mol. The van der Waals surface area contributed by atoms with Gasteiger partial charge in [0, 0.05) is 13.1 Å². The molecule has 1 heterocycles. The molecule has 1 saturated carbocycles. The Balaban J connectivity index is 2.00. The molecule has 0 aromatic heterocycles. The highest BCUT2D eigenvalue weighted by atomic mass is 16.4. The number of carbonyl (C=O) groups is 2. The zero-order chi connectivity index (χ0) is 13.6. The zero-order valence-electron chi connectivity index (χ0n) is 11.3. The van der Waals surface area contributed by atoms with Gasteiger partial charge in [0.2, 0.25) is 0 Å². The van der Waals surface area contributed by atoms with Gasteiger partial charge in [0.1, 0.15) is 5.54 Å². The lowest BCUT2D eigenvalue weighted by Crippen LogP contribution is -2.57. The molecule has 1 atom stereocenters. The van der Waals surface area contributed by atoms with E-state index in [0.29, 0.717) is 13.1 Å². The number of hydrogen-bond acceptors (Lipinski definition) is 2. The quantitative estimate of drug-likeness (QED) is 0.805. The molecule has 5 heteroatoms.